The molecule has 4 aromatic rings. The summed E-state index contributed by atoms with van der Waals surface area (Å²) < 4.78 is 19.1. The lowest BCUT2D eigenvalue weighted by Crippen LogP contribution is -2.40. The molecule has 0 bridgehead atoms. The van der Waals surface area contributed by atoms with Gasteiger partial charge in [-0.25, -0.2) is 14.2 Å². The van der Waals surface area contributed by atoms with E-state index in [0.717, 1.165) is 28.2 Å². The minimum Gasteiger partial charge on any atom is -0.497 e. The van der Waals surface area contributed by atoms with Gasteiger partial charge < -0.3 is 19.5 Å². The summed E-state index contributed by atoms with van der Waals surface area (Å²) in [6, 6.07) is 21.9. The normalized spacial score (nSPS) is 12.1. The Hall–Kier alpha value is -4.64. The zero-order valence-corrected chi connectivity index (χ0v) is 25.7. The van der Waals surface area contributed by atoms with E-state index in [9.17, 15) is 14.4 Å². The maximum Gasteiger partial charge on any atom is 0.413 e. The zero-order chi connectivity index (χ0) is 30.8. The number of nitrogens with zero attached hydrogens (tertiary/aromatic N) is 1. The van der Waals surface area contributed by atoms with Crippen LogP contribution < -0.4 is 25.3 Å². The predicted molar refractivity (Wildman–Crippen MR) is 166 cm³/mol. The molecule has 3 amide bonds. The number of amides is 3. The summed E-state index contributed by atoms with van der Waals surface area (Å²) in [5, 5.41) is 9.89. The molecule has 2 atom stereocenters. The molecule has 4 rings (SSSR count). The second-order valence-electron chi connectivity index (χ2n) is 9.70. The highest BCUT2D eigenvalue weighted by atomic mass is 79.9. The number of methoxy groups -OCH3 is 1. The lowest BCUT2D eigenvalue weighted by Gasteiger charge is -2.21. The van der Waals surface area contributed by atoms with E-state index in [1.165, 1.54) is 14.0 Å². The fourth-order valence-corrected chi connectivity index (χ4v) is 4.97. The van der Waals surface area contributed by atoms with Crippen LogP contribution in [0.1, 0.15) is 42.3 Å². The summed E-state index contributed by atoms with van der Waals surface area (Å²) in [6.45, 7) is 4.30. The highest BCUT2D eigenvalue weighted by Gasteiger charge is 2.22. The van der Waals surface area contributed by atoms with Crippen LogP contribution in [-0.4, -0.2) is 38.0 Å². The van der Waals surface area contributed by atoms with Gasteiger partial charge in [-0.15, -0.1) is 0 Å². The number of hydrogen-bond acceptors (Lipinski definition) is 6. The first-order chi connectivity index (χ1) is 20.7. The zero-order valence-electron chi connectivity index (χ0n) is 24.1. The molecule has 224 valence electrons. The maximum atomic E-state index is 13.0. The van der Waals surface area contributed by atoms with Crippen molar-refractivity contribution in [2.75, 3.05) is 19.0 Å². The molecule has 0 radical (unpaired) electrons. The smallest absolute Gasteiger partial charge is 0.413 e. The van der Waals surface area contributed by atoms with Crippen LogP contribution in [0.15, 0.2) is 89.7 Å². The number of anilines is 1. The number of nitrogens with one attached hydrogen (secondary N) is 3. The molecule has 1 heterocycles. The number of alkyl carbamates (subject to hydrolysis) is 1. The van der Waals surface area contributed by atoms with Crippen LogP contribution in [-0.2, 0) is 16.0 Å². The van der Waals surface area contributed by atoms with E-state index in [1.54, 1.807) is 42.6 Å². The number of halogens is 1. The van der Waals surface area contributed by atoms with Crippen molar-refractivity contribution in [1.82, 2.24) is 10.6 Å². The summed E-state index contributed by atoms with van der Waals surface area (Å²) in [5.41, 5.74) is 1.64. The van der Waals surface area contributed by atoms with E-state index >= 15 is 0 Å². The summed E-state index contributed by atoms with van der Waals surface area (Å²) in [7, 11) is 1.53. The minimum absolute atomic E-state index is 0.0173. The topological polar surface area (TPSA) is 119 Å². The van der Waals surface area contributed by atoms with Gasteiger partial charge in [0.05, 0.1) is 23.8 Å². The number of rotatable bonds is 11. The van der Waals surface area contributed by atoms with Crippen LogP contribution in [0.4, 0.5) is 15.3 Å². The number of carbonyl (C=O) groups excluding carboxylic acids is 3. The summed E-state index contributed by atoms with van der Waals surface area (Å²) >= 11 is 3.45. The van der Waals surface area contributed by atoms with Gasteiger partial charge >= 0.3 is 12.2 Å². The Morgan fingerprint density at radius 2 is 1.70 bits per heavy atom. The molecule has 3 aromatic carbocycles. The SMILES string of the molecule is CCC[n+]1cc(Br)cc(C(=O)NCC(OC(=O)NC(C)OC(=O)Nc2cccc3ccccc23)c2cccc(OC)c2)c1. The van der Waals surface area contributed by atoms with Crippen molar-refractivity contribution in [3.63, 3.8) is 0 Å². The average molecular weight is 651 g/mol. The lowest BCUT2D eigenvalue weighted by molar-refractivity contribution is -0.697. The highest BCUT2D eigenvalue weighted by Crippen LogP contribution is 2.24. The van der Waals surface area contributed by atoms with Crippen molar-refractivity contribution in [2.24, 2.45) is 0 Å². The van der Waals surface area contributed by atoms with Crippen LogP contribution in [0.5, 0.6) is 5.75 Å². The molecular weight excluding hydrogens is 616 g/mol. The second kappa shape index (κ2) is 15.0. The van der Waals surface area contributed by atoms with E-state index in [1.807, 2.05) is 47.2 Å². The van der Waals surface area contributed by atoms with Crippen LogP contribution in [0.2, 0.25) is 0 Å². The third kappa shape index (κ3) is 8.92. The molecule has 11 heteroatoms. The van der Waals surface area contributed by atoms with Gasteiger partial charge in [0.2, 0.25) is 0 Å². The van der Waals surface area contributed by atoms with Gasteiger partial charge in [0.15, 0.2) is 18.6 Å². The van der Waals surface area contributed by atoms with Crippen molar-refractivity contribution in [1.29, 1.82) is 0 Å². The predicted octanol–water partition coefficient (Wildman–Crippen LogP) is 6.10. The molecule has 1 aromatic heterocycles. The summed E-state index contributed by atoms with van der Waals surface area (Å²) in [5.74, 6) is 0.233. The van der Waals surface area contributed by atoms with Crippen molar-refractivity contribution in [2.45, 2.75) is 39.1 Å². The first kappa shape index (κ1) is 31.3. The van der Waals surface area contributed by atoms with Gasteiger partial charge in [-0.3, -0.25) is 15.4 Å². The number of pyridine rings is 1. The third-order valence-corrected chi connectivity index (χ3v) is 6.86. The standard InChI is InChI=1S/C32H33BrN4O6/c1-4-15-37-19-24(16-25(33)20-37)30(38)34-18-29(23-11-7-12-26(17-23)41-3)43-31(39)35-21(2)42-32(40)36-28-14-8-10-22-9-5-6-13-27(22)28/h5-14,16-17,19-21,29H,4,15,18H2,1-3H3,(H2-,34,35,36,38,39,40)/p+1. The van der Waals surface area contributed by atoms with Gasteiger partial charge in [-0.1, -0.05) is 55.5 Å². The molecule has 43 heavy (non-hydrogen) atoms. The Balaban J connectivity index is 1.39. The van der Waals surface area contributed by atoms with Crippen LogP contribution in [0, 0.1) is 0 Å². The number of aryl methyl sites for hydroxylation is 1. The summed E-state index contributed by atoms with van der Waals surface area (Å²) in [6.07, 6.45) is 1.12. The Labute approximate surface area is 258 Å². The molecule has 0 spiro atoms. The minimum atomic E-state index is -1.02. The summed E-state index contributed by atoms with van der Waals surface area (Å²) in [4.78, 5) is 38.5. The van der Waals surface area contributed by atoms with E-state index in [4.69, 9.17) is 14.2 Å². The average Bonchev–Trinajstić information content (AvgIpc) is 2.99. The van der Waals surface area contributed by atoms with Crippen LogP contribution in [0.3, 0.4) is 0 Å². The van der Waals surface area contributed by atoms with Gasteiger partial charge in [-0.2, -0.15) is 0 Å². The molecule has 0 fully saturated rings. The first-order valence-corrected chi connectivity index (χ1v) is 14.6. The number of carbonyl (C=O) groups is 3. The maximum absolute atomic E-state index is 13.0. The van der Waals surface area contributed by atoms with Crippen molar-refractivity contribution in [3.05, 3.63) is 101 Å². The second-order valence-corrected chi connectivity index (χ2v) is 10.6. The number of benzene rings is 3. The number of ether oxygens (including phenoxy) is 3. The fourth-order valence-electron chi connectivity index (χ4n) is 4.46. The molecule has 0 aliphatic rings. The Morgan fingerprint density at radius 3 is 2.49 bits per heavy atom. The van der Waals surface area contributed by atoms with Gasteiger partial charge in [0.1, 0.15) is 24.0 Å². The Bertz CT molecular complexity index is 1590. The van der Waals surface area contributed by atoms with E-state index in [-0.39, 0.29) is 12.5 Å². The van der Waals surface area contributed by atoms with Crippen molar-refractivity contribution < 1.29 is 33.2 Å². The van der Waals surface area contributed by atoms with Crippen LogP contribution in [0.25, 0.3) is 10.8 Å². The van der Waals surface area contributed by atoms with E-state index in [2.05, 4.69) is 38.8 Å². The van der Waals surface area contributed by atoms with Crippen molar-refractivity contribution >= 4 is 50.5 Å². The molecule has 0 aliphatic heterocycles. The molecule has 2 unspecified atom stereocenters. The molecule has 0 aliphatic carbocycles. The van der Waals surface area contributed by atoms with Crippen LogP contribution >= 0.6 is 15.9 Å². The molecule has 0 saturated carbocycles. The monoisotopic (exact) mass is 649 g/mol. The number of fused-ring (bicyclic) bond motifs is 1. The van der Waals surface area contributed by atoms with E-state index < -0.39 is 24.5 Å². The quantitative estimate of drug-likeness (QED) is 0.133. The number of aromatic nitrogens is 1. The molecule has 3 N–H and O–H groups in total. The highest BCUT2D eigenvalue weighted by molar-refractivity contribution is 9.10. The van der Waals surface area contributed by atoms with Crippen molar-refractivity contribution in [3.8, 4) is 5.75 Å². The Morgan fingerprint density at radius 1 is 0.930 bits per heavy atom. The number of hydrogen-bond donors (Lipinski definition) is 3. The lowest BCUT2D eigenvalue weighted by atomic mass is 10.1. The molecule has 10 nitrogen and oxygen atoms in total. The molecular formula is C32H34BrN4O6+. The first-order valence-electron chi connectivity index (χ1n) is 13.8. The largest absolute Gasteiger partial charge is 0.497 e. The fraction of sp³-hybridized carbons (Fsp3) is 0.250. The van der Waals surface area contributed by atoms with E-state index in [0.29, 0.717) is 22.6 Å². The van der Waals surface area contributed by atoms with Gasteiger partial charge in [0, 0.05) is 11.8 Å². The third-order valence-electron chi connectivity index (χ3n) is 6.43. The van der Waals surface area contributed by atoms with Gasteiger partial charge in [0.25, 0.3) is 5.91 Å². The van der Waals surface area contributed by atoms with Gasteiger partial charge in [-0.05, 0) is 58.1 Å². The Kier molecular flexibility index (Phi) is 10.9. The molecule has 0 saturated heterocycles.